The molecule has 12 nitrogen and oxygen atoms in total. The van der Waals surface area contributed by atoms with Crippen LogP contribution in [0.1, 0.15) is 0 Å². The number of hydrogen-bond acceptors (Lipinski definition) is 12. The van der Waals surface area contributed by atoms with Gasteiger partial charge < -0.3 is 18.2 Å². The van der Waals surface area contributed by atoms with Gasteiger partial charge in [-0.1, -0.05) is 0 Å². The van der Waals surface area contributed by atoms with Crippen molar-refractivity contribution in [1.82, 2.24) is 0 Å². The van der Waals surface area contributed by atoms with Crippen molar-refractivity contribution in [3.05, 3.63) is 0 Å². The molecule has 0 aliphatic carbocycles. The zero-order valence-corrected chi connectivity index (χ0v) is 19.6. The number of rotatable bonds is 0. The van der Waals surface area contributed by atoms with Crippen molar-refractivity contribution in [2.24, 2.45) is 0 Å². The van der Waals surface area contributed by atoms with Gasteiger partial charge in [0.1, 0.15) is 0 Å². The molecule has 0 saturated heterocycles. The van der Waals surface area contributed by atoms with Gasteiger partial charge in [-0.15, -0.1) is 0 Å². The van der Waals surface area contributed by atoms with Crippen LogP contribution in [-0.2, 0) is 28.4 Å². The Bertz CT molecular complexity index is 293. The van der Waals surface area contributed by atoms with E-state index in [0.29, 0.717) is 0 Å². The summed E-state index contributed by atoms with van der Waals surface area (Å²) in [6.45, 7) is 0. The minimum atomic E-state index is -5.17. The van der Waals surface area contributed by atoms with Crippen molar-refractivity contribution in [3.63, 3.8) is 0 Å². The first-order valence-electron chi connectivity index (χ1n) is 2.28. The van der Waals surface area contributed by atoms with Crippen molar-refractivity contribution in [3.8, 4) is 0 Å². The predicted octanol–water partition coefficient (Wildman–Crippen LogP) is -7.20. The van der Waals surface area contributed by atoms with Gasteiger partial charge in [-0.2, -0.15) is 0 Å². The fourth-order valence-electron chi connectivity index (χ4n) is 0. The Labute approximate surface area is 211 Å². The molecule has 0 radical (unpaired) electrons. The number of hydrogen-bond donors (Lipinski definition) is 0. The van der Waals surface area contributed by atoms with Crippen molar-refractivity contribution < 1.29 is 51.0 Å². The van der Waals surface area contributed by atoms with Gasteiger partial charge in [0.05, 0.1) is 0 Å². The van der Waals surface area contributed by atoms with E-state index in [4.69, 9.17) is 51.0 Å². The molecule has 0 spiro atoms. The van der Waals surface area contributed by atoms with Gasteiger partial charge in [-0.25, -0.2) is 0 Å². The molecular formula is Al2Ca3O12S2. The van der Waals surface area contributed by atoms with E-state index in [1.165, 1.54) is 0 Å². The summed E-state index contributed by atoms with van der Waals surface area (Å²) in [4.78, 5) is 0. The van der Waals surface area contributed by atoms with Gasteiger partial charge in [0.15, 0.2) is 0 Å². The summed E-state index contributed by atoms with van der Waals surface area (Å²) in [7, 11) is -10.3. The topological polar surface area (TPSA) is 241 Å². The van der Waals surface area contributed by atoms with Gasteiger partial charge in [0, 0.05) is 20.8 Å². The van der Waals surface area contributed by atoms with E-state index in [0.717, 1.165) is 0 Å². The molecule has 0 amide bonds. The standard InChI is InChI=1S/2Al.3Ca.2H2O4S.4O/c;;;;;2*1-5(2,3)4;;;;/h;;;;;2*(H2,1,2,3,4);;;;/q;;3*+2;;;;;2*-1/p-4. The van der Waals surface area contributed by atoms with Crippen LogP contribution in [0.2, 0.25) is 0 Å². The second-order valence-corrected chi connectivity index (χ2v) is 3.03. The van der Waals surface area contributed by atoms with Gasteiger partial charge in [0.25, 0.3) is 0 Å². The van der Waals surface area contributed by atoms with Gasteiger partial charge in [0.2, 0.25) is 0 Å². The molecule has 0 atom stereocenters. The van der Waals surface area contributed by atoms with E-state index in [-0.39, 0.29) is 113 Å². The van der Waals surface area contributed by atoms with Crippen LogP contribution in [-0.4, -0.2) is 179 Å². The first-order valence-corrected chi connectivity index (χ1v) is 6.83. The Morgan fingerprint density at radius 1 is 0.579 bits per heavy atom. The average Bonchev–Trinajstić information content (AvgIpc) is 1.79. The molecule has 19 heteroatoms. The zero-order chi connectivity index (χ0) is 14.4. The van der Waals surface area contributed by atoms with Gasteiger partial charge in [-0.3, -0.25) is 16.8 Å². The zero-order valence-electron chi connectivity index (χ0n) is 8.99. The van der Waals surface area contributed by atoms with Crippen LogP contribution in [0.5, 0.6) is 0 Å². The van der Waals surface area contributed by atoms with Crippen LogP contribution >= 0.6 is 0 Å². The SMILES string of the molecule is O=S(=O)([O-])[O-].O=S(=O)([O-])[O-].[Ca+2].[Ca+2].[Ca+2].[O]=[Al][O-].[O]=[Al][O-]. The Morgan fingerprint density at radius 3 is 0.579 bits per heavy atom. The second kappa shape index (κ2) is 29.8. The van der Waals surface area contributed by atoms with Crippen LogP contribution in [0.4, 0.5) is 0 Å². The molecular weight excluding hydrogens is 430 g/mol. The van der Waals surface area contributed by atoms with Crippen molar-refractivity contribution in [1.29, 1.82) is 0 Å². The molecule has 0 N–H and O–H groups in total. The van der Waals surface area contributed by atoms with E-state index in [1.54, 1.807) is 0 Å². The second-order valence-electron chi connectivity index (χ2n) is 1.01. The molecule has 0 saturated carbocycles. The summed E-state index contributed by atoms with van der Waals surface area (Å²) >= 11 is -3.50. The fraction of sp³-hybridized carbons (Fsp3) is 0. The Balaban J connectivity index is -0.0000000197. The van der Waals surface area contributed by atoms with Crippen molar-refractivity contribution in [2.75, 3.05) is 0 Å². The molecule has 0 aliphatic rings. The van der Waals surface area contributed by atoms with E-state index < -0.39 is 51.8 Å². The Hall–Kier alpha value is 3.78. The van der Waals surface area contributed by atoms with Crippen LogP contribution in [0.15, 0.2) is 0 Å². The first kappa shape index (κ1) is 43.4. The van der Waals surface area contributed by atoms with Crippen LogP contribution in [0.25, 0.3) is 0 Å². The molecule has 0 aromatic heterocycles. The molecule has 0 aromatic rings. The monoisotopic (exact) mass is 430 g/mol. The predicted molar refractivity (Wildman–Crippen MR) is 51.1 cm³/mol. The molecule has 0 rings (SSSR count). The summed E-state index contributed by atoms with van der Waals surface area (Å²) in [6.07, 6.45) is 0. The van der Waals surface area contributed by atoms with Gasteiger partial charge >= 0.3 is 160 Å². The molecule has 0 aliphatic heterocycles. The van der Waals surface area contributed by atoms with Crippen molar-refractivity contribution in [2.45, 2.75) is 0 Å². The molecule has 0 fully saturated rings. The Morgan fingerprint density at radius 2 is 0.579 bits per heavy atom. The molecule has 0 unspecified atom stereocenters. The summed E-state index contributed by atoms with van der Waals surface area (Å²) < 4.78 is 102. The Kier molecular flexibility index (Phi) is 68.0. The summed E-state index contributed by atoms with van der Waals surface area (Å²) in [5.74, 6) is 0. The van der Waals surface area contributed by atoms with Gasteiger partial charge in [-0.05, 0) is 0 Å². The van der Waals surface area contributed by atoms with Crippen molar-refractivity contribution >= 4 is 165 Å². The molecule has 19 heavy (non-hydrogen) atoms. The van der Waals surface area contributed by atoms with E-state index in [1.807, 2.05) is 0 Å². The molecule has 96 valence electrons. The third-order valence-corrected chi connectivity index (χ3v) is 0. The normalized spacial score (nSPS) is 6.95. The maximum absolute atomic E-state index is 8.52. The molecule has 0 bridgehead atoms. The summed E-state index contributed by atoms with van der Waals surface area (Å²) in [6, 6.07) is 0. The third kappa shape index (κ3) is 595. The third-order valence-electron chi connectivity index (χ3n) is 0. The summed E-state index contributed by atoms with van der Waals surface area (Å²) in [5.41, 5.74) is 0. The first-order chi connectivity index (χ1) is 6.83. The minimum absolute atomic E-state index is 0. The van der Waals surface area contributed by atoms with Crippen LogP contribution < -0.4 is 8.32 Å². The van der Waals surface area contributed by atoms with Crippen LogP contribution in [0, 0.1) is 0 Å². The average molecular weight is 430 g/mol. The molecule has 0 heterocycles. The fourth-order valence-corrected chi connectivity index (χ4v) is 0. The van der Waals surface area contributed by atoms with E-state index in [9.17, 15) is 0 Å². The maximum atomic E-state index is 8.52. The van der Waals surface area contributed by atoms with E-state index in [2.05, 4.69) is 0 Å². The summed E-state index contributed by atoms with van der Waals surface area (Å²) in [5, 5.41) is 0. The van der Waals surface area contributed by atoms with Crippen LogP contribution in [0.3, 0.4) is 0 Å². The molecule has 0 aromatic carbocycles. The quantitative estimate of drug-likeness (QED) is 0.198. The van der Waals surface area contributed by atoms with E-state index >= 15 is 0 Å².